The third-order valence-electron chi connectivity index (χ3n) is 5.48. The van der Waals surface area contributed by atoms with E-state index in [1.54, 1.807) is 35.8 Å². The highest BCUT2D eigenvalue weighted by molar-refractivity contribution is 7.99. The van der Waals surface area contributed by atoms with Crippen molar-refractivity contribution in [1.82, 2.24) is 15.2 Å². The van der Waals surface area contributed by atoms with Gasteiger partial charge < -0.3 is 23.0 Å². The Morgan fingerprint density at radius 3 is 2.58 bits per heavy atom. The van der Waals surface area contributed by atoms with Crippen LogP contribution in [0.25, 0.3) is 11.5 Å². The molecule has 186 valence electrons. The van der Waals surface area contributed by atoms with Crippen molar-refractivity contribution in [2.45, 2.75) is 17.7 Å². The van der Waals surface area contributed by atoms with Crippen LogP contribution in [0, 0.1) is 0 Å². The van der Waals surface area contributed by atoms with Crippen LogP contribution in [0.1, 0.15) is 23.1 Å². The largest absolute Gasteiger partial charge is 0.493 e. The summed E-state index contributed by atoms with van der Waals surface area (Å²) in [5.74, 6) is 2.21. The van der Waals surface area contributed by atoms with Gasteiger partial charge in [0.05, 0.1) is 43.9 Å². The number of carbonyl (C=O) groups excluding carboxylic acids is 1. The van der Waals surface area contributed by atoms with Gasteiger partial charge in [0, 0.05) is 12.0 Å². The van der Waals surface area contributed by atoms with E-state index in [9.17, 15) is 4.79 Å². The van der Waals surface area contributed by atoms with Gasteiger partial charge in [-0.25, -0.2) is 5.01 Å². The minimum Gasteiger partial charge on any atom is -0.493 e. The fourth-order valence-corrected chi connectivity index (χ4v) is 5.15. The molecule has 4 aromatic rings. The Kier molecular flexibility index (Phi) is 6.96. The molecule has 4 heterocycles. The molecule has 1 aromatic carbocycles. The quantitative estimate of drug-likeness (QED) is 0.281. The van der Waals surface area contributed by atoms with Crippen molar-refractivity contribution in [3.63, 3.8) is 0 Å². The standard InChI is InChI=1S/C24H22N4O6S2/c1-30-18-10-14(11-19(31-2)22(18)32-3)23-25-26-24(34-23)36-13-21(29)28-16(17-6-4-8-33-17)12-15(27-28)20-7-5-9-35-20/h4-11,16H,12-13H2,1-3H3. The Bertz CT molecular complexity index is 1340. The van der Waals surface area contributed by atoms with Gasteiger partial charge in [0.2, 0.25) is 11.6 Å². The molecule has 1 aliphatic heterocycles. The van der Waals surface area contributed by atoms with E-state index in [0.717, 1.165) is 22.4 Å². The number of ether oxygens (including phenoxy) is 3. The van der Waals surface area contributed by atoms with Crippen LogP contribution in [-0.4, -0.2) is 53.9 Å². The first-order valence-electron chi connectivity index (χ1n) is 10.8. The first kappa shape index (κ1) is 23.9. The van der Waals surface area contributed by atoms with Gasteiger partial charge in [-0.2, -0.15) is 5.10 Å². The molecule has 0 spiro atoms. The number of hydrazone groups is 1. The monoisotopic (exact) mass is 526 g/mol. The van der Waals surface area contributed by atoms with Crippen molar-refractivity contribution >= 4 is 34.7 Å². The van der Waals surface area contributed by atoms with Gasteiger partial charge in [-0.3, -0.25) is 4.79 Å². The maximum absolute atomic E-state index is 13.2. The van der Waals surface area contributed by atoms with Crippen LogP contribution in [0.3, 0.4) is 0 Å². The zero-order valence-corrected chi connectivity index (χ0v) is 21.3. The lowest BCUT2D eigenvalue weighted by Gasteiger charge is -2.19. The smallest absolute Gasteiger partial charge is 0.277 e. The molecule has 0 saturated heterocycles. The number of aromatic nitrogens is 2. The van der Waals surface area contributed by atoms with E-state index < -0.39 is 0 Å². The predicted molar refractivity (Wildman–Crippen MR) is 134 cm³/mol. The number of thiophene rings is 1. The molecule has 1 amide bonds. The molecule has 12 heteroatoms. The second-order valence-corrected chi connectivity index (χ2v) is 9.45. The Labute approximate surface area is 214 Å². The van der Waals surface area contributed by atoms with E-state index in [2.05, 4.69) is 15.3 Å². The minimum absolute atomic E-state index is 0.0648. The average molecular weight is 527 g/mol. The van der Waals surface area contributed by atoms with Crippen LogP contribution in [0.15, 0.2) is 67.2 Å². The van der Waals surface area contributed by atoms with E-state index in [-0.39, 0.29) is 28.8 Å². The topological polar surface area (TPSA) is 112 Å². The number of carbonyl (C=O) groups is 1. The lowest BCUT2D eigenvalue weighted by molar-refractivity contribution is -0.130. The molecular formula is C24H22N4O6S2. The normalized spacial score (nSPS) is 15.1. The highest BCUT2D eigenvalue weighted by Crippen LogP contribution is 2.41. The maximum Gasteiger partial charge on any atom is 0.277 e. The highest BCUT2D eigenvalue weighted by atomic mass is 32.2. The van der Waals surface area contributed by atoms with Crippen LogP contribution >= 0.6 is 23.1 Å². The third kappa shape index (κ3) is 4.69. The van der Waals surface area contributed by atoms with Gasteiger partial charge in [0.15, 0.2) is 11.5 Å². The molecule has 0 N–H and O–H groups in total. The molecule has 0 fully saturated rings. The van der Waals surface area contributed by atoms with Crippen LogP contribution in [0.2, 0.25) is 0 Å². The zero-order chi connectivity index (χ0) is 25.1. The molecular weight excluding hydrogens is 504 g/mol. The summed E-state index contributed by atoms with van der Waals surface area (Å²) < 4.78 is 27.5. The third-order valence-corrected chi connectivity index (χ3v) is 7.20. The van der Waals surface area contributed by atoms with Crippen molar-refractivity contribution in [3.05, 3.63) is 58.7 Å². The molecule has 3 aromatic heterocycles. The Morgan fingerprint density at radius 1 is 1.14 bits per heavy atom. The van der Waals surface area contributed by atoms with Gasteiger partial charge in [0.1, 0.15) is 11.8 Å². The number of hydrogen-bond acceptors (Lipinski definition) is 11. The fraction of sp³-hybridized carbons (Fsp3) is 0.250. The molecule has 1 unspecified atom stereocenters. The summed E-state index contributed by atoms with van der Waals surface area (Å²) >= 11 is 2.73. The maximum atomic E-state index is 13.2. The number of rotatable bonds is 9. The molecule has 1 aliphatic rings. The molecule has 1 atom stereocenters. The van der Waals surface area contributed by atoms with E-state index in [4.69, 9.17) is 23.0 Å². The molecule has 36 heavy (non-hydrogen) atoms. The molecule has 0 radical (unpaired) electrons. The molecule has 5 rings (SSSR count). The lowest BCUT2D eigenvalue weighted by atomic mass is 10.1. The first-order chi connectivity index (χ1) is 17.6. The summed E-state index contributed by atoms with van der Waals surface area (Å²) in [5.41, 5.74) is 1.45. The van der Waals surface area contributed by atoms with E-state index >= 15 is 0 Å². The highest BCUT2D eigenvalue weighted by Gasteiger charge is 2.35. The minimum atomic E-state index is -0.303. The fourth-order valence-electron chi connectivity index (χ4n) is 3.81. The number of amides is 1. The van der Waals surface area contributed by atoms with Crippen molar-refractivity contribution in [2.75, 3.05) is 27.1 Å². The lowest BCUT2D eigenvalue weighted by Crippen LogP contribution is -2.28. The summed E-state index contributed by atoms with van der Waals surface area (Å²) in [6.45, 7) is 0. The van der Waals surface area contributed by atoms with Crippen molar-refractivity contribution in [2.24, 2.45) is 5.10 Å². The Morgan fingerprint density at radius 2 is 1.94 bits per heavy atom. The number of benzene rings is 1. The SMILES string of the molecule is COc1cc(-c2nnc(SCC(=O)N3N=C(c4cccs4)CC3c3ccco3)o2)cc(OC)c1OC. The average Bonchev–Trinajstić information content (AvgIpc) is 3.71. The van der Waals surface area contributed by atoms with E-state index in [0.29, 0.717) is 35.0 Å². The Balaban J connectivity index is 1.32. The van der Waals surface area contributed by atoms with Crippen molar-refractivity contribution in [3.8, 4) is 28.7 Å². The van der Waals surface area contributed by atoms with Crippen LogP contribution in [0.5, 0.6) is 17.2 Å². The van der Waals surface area contributed by atoms with Crippen LogP contribution in [0.4, 0.5) is 0 Å². The number of hydrogen-bond donors (Lipinski definition) is 0. The second kappa shape index (κ2) is 10.5. The number of thioether (sulfide) groups is 1. The van der Waals surface area contributed by atoms with E-state index in [1.807, 2.05) is 23.6 Å². The summed E-state index contributed by atoms with van der Waals surface area (Å²) in [6.07, 6.45) is 2.18. The van der Waals surface area contributed by atoms with Gasteiger partial charge in [-0.15, -0.1) is 21.5 Å². The summed E-state index contributed by atoms with van der Waals surface area (Å²) in [4.78, 5) is 14.2. The summed E-state index contributed by atoms with van der Waals surface area (Å²) in [6, 6.07) is 10.7. The number of nitrogens with zero attached hydrogens (tertiary/aromatic N) is 4. The molecule has 0 bridgehead atoms. The Hall–Kier alpha value is -3.77. The zero-order valence-electron chi connectivity index (χ0n) is 19.7. The molecule has 0 aliphatic carbocycles. The van der Waals surface area contributed by atoms with Crippen molar-refractivity contribution in [1.29, 1.82) is 0 Å². The van der Waals surface area contributed by atoms with Crippen molar-refractivity contribution < 1.29 is 27.8 Å². The molecule has 0 saturated carbocycles. The van der Waals surface area contributed by atoms with Gasteiger partial charge in [0.25, 0.3) is 11.1 Å². The number of methoxy groups -OCH3 is 3. The summed E-state index contributed by atoms with van der Waals surface area (Å²) in [7, 11) is 4.59. The summed E-state index contributed by atoms with van der Waals surface area (Å²) in [5, 5.41) is 16.5. The number of furan rings is 1. The van der Waals surface area contributed by atoms with Crippen LogP contribution in [-0.2, 0) is 4.79 Å². The van der Waals surface area contributed by atoms with Gasteiger partial charge in [-0.05, 0) is 35.7 Å². The second-order valence-electron chi connectivity index (χ2n) is 7.57. The van der Waals surface area contributed by atoms with E-state index in [1.165, 1.54) is 26.3 Å². The van der Waals surface area contributed by atoms with Gasteiger partial charge in [-0.1, -0.05) is 17.8 Å². The molecule has 10 nitrogen and oxygen atoms in total. The van der Waals surface area contributed by atoms with Crippen LogP contribution < -0.4 is 14.2 Å². The van der Waals surface area contributed by atoms with Gasteiger partial charge >= 0.3 is 0 Å². The first-order valence-corrected chi connectivity index (χ1v) is 12.7. The predicted octanol–water partition coefficient (Wildman–Crippen LogP) is 4.89.